The smallest absolute Gasteiger partial charge is 0.183 e. The minimum Gasteiger partial charge on any atom is -0.374 e. The van der Waals surface area contributed by atoms with Crippen molar-refractivity contribution < 1.29 is 4.74 Å². The molecular weight excluding hydrogens is 282 g/mol. The molecule has 102 valence electrons. The van der Waals surface area contributed by atoms with Gasteiger partial charge in [-0.2, -0.15) is 0 Å². The van der Waals surface area contributed by atoms with Crippen molar-refractivity contribution in [2.75, 3.05) is 38.6 Å². The lowest BCUT2D eigenvalue weighted by molar-refractivity contribution is -0.0117. The number of nitrogens with zero attached hydrogens (tertiary/aromatic N) is 2. The summed E-state index contributed by atoms with van der Waals surface area (Å²) in [5, 5.41) is 5.03. The van der Waals surface area contributed by atoms with E-state index in [4.69, 9.17) is 16.3 Å². The molecule has 1 saturated heterocycles. The van der Waals surface area contributed by atoms with Gasteiger partial charge in [-0.1, -0.05) is 22.9 Å². The predicted molar refractivity (Wildman–Crippen MR) is 80.4 cm³/mol. The van der Waals surface area contributed by atoms with Crippen LogP contribution in [-0.4, -0.2) is 49.3 Å². The molecule has 0 saturated carbocycles. The summed E-state index contributed by atoms with van der Waals surface area (Å²) < 4.78 is 6.82. The molecule has 1 atom stereocenters. The van der Waals surface area contributed by atoms with Crippen LogP contribution in [0.2, 0.25) is 5.02 Å². The van der Waals surface area contributed by atoms with E-state index in [-0.39, 0.29) is 6.10 Å². The van der Waals surface area contributed by atoms with Gasteiger partial charge in [-0.25, -0.2) is 4.98 Å². The van der Waals surface area contributed by atoms with E-state index in [2.05, 4.69) is 22.2 Å². The molecule has 19 heavy (non-hydrogen) atoms. The van der Waals surface area contributed by atoms with E-state index in [0.29, 0.717) is 0 Å². The first kappa shape index (κ1) is 13.1. The standard InChI is InChI=1S/C13H16ClN3OS/c1-17-4-5-18-10(8-17)7-15-13-16-11-3-2-9(14)6-12(11)19-13/h2-3,6,10H,4-5,7-8H2,1H3,(H,15,16). The zero-order valence-corrected chi connectivity index (χ0v) is 12.3. The van der Waals surface area contributed by atoms with Crippen LogP contribution in [0.15, 0.2) is 18.2 Å². The fraction of sp³-hybridized carbons (Fsp3) is 0.462. The molecule has 2 heterocycles. The Kier molecular flexibility index (Phi) is 3.88. The number of benzene rings is 1. The van der Waals surface area contributed by atoms with Gasteiger partial charge in [0.2, 0.25) is 0 Å². The molecule has 1 aliphatic heterocycles. The predicted octanol–water partition coefficient (Wildman–Crippen LogP) is 2.69. The monoisotopic (exact) mass is 297 g/mol. The van der Waals surface area contributed by atoms with E-state index in [1.165, 1.54) is 0 Å². The molecule has 6 heteroatoms. The van der Waals surface area contributed by atoms with Crippen LogP contribution in [0.3, 0.4) is 0 Å². The second-order valence-electron chi connectivity index (χ2n) is 4.77. The number of morpholine rings is 1. The van der Waals surface area contributed by atoms with E-state index in [9.17, 15) is 0 Å². The van der Waals surface area contributed by atoms with Crippen LogP contribution in [0.25, 0.3) is 10.2 Å². The van der Waals surface area contributed by atoms with E-state index in [0.717, 1.165) is 46.6 Å². The van der Waals surface area contributed by atoms with Gasteiger partial charge in [0.05, 0.1) is 22.9 Å². The highest BCUT2D eigenvalue weighted by atomic mass is 35.5. The zero-order chi connectivity index (χ0) is 13.2. The van der Waals surface area contributed by atoms with Crippen molar-refractivity contribution in [3.8, 4) is 0 Å². The molecule has 1 fully saturated rings. The average molecular weight is 298 g/mol. The first-order valence-corrected chi connectivity index (χ1v) is 7.50. The van der Waals surface area contributed by atoms with E-state index in [1.807, 2.05) is 18.2 Å². The highest BCUT2D eigenvalue weighted by Gasteiger charge is 2.17. The van der Waals surface area contributed by atoms with Gasteiger partial charge < -0.3 is 15.0 Å². The van der Waals surface area contributed by atoms with E-state index < -0.39 is 0 Å². The molecule has 1 aromatic heterocycles. The maximum Gasteiger partial charge on any atom is 0.183 e. The highest BCUT2D eigenvalue weighted by molar-refractivity contribution is 7.22. The molecule has 0 bridgehead atoms. The number of aromatic nitrogens is 1. The van der Waals surface area contributed by atoms with Crippen LogP contribution in [0.5, 0.6) is 0 Å². The third-order valence-corrected chi connectivity index (χ3v) is 4.38. The van der Waals surface area contributed by atoms with Crippen molar-refractivity contribution in [3.05, 3.63) is 23.2 Å². The largest absolute Gasteiger partial charge is 0.374 e. The summed E-state index contributed by atoms with van der Waals surface area (Å²) in [5.41, 5.74) is 0.985. The van der Waals surface area contributed by atoms with Gasteiger partial charge >= 0.3 is 0 Å². The summed E-state index contributed by atoms with van der Waals surface area (Å²) in [6.45, 7) is 3.57. The van der Waals surface area contributed by atoms with E-state index >= 15 is 0 Å². The van der Waals surface area contributed by atoms with Crippen LogP contribution < -0.4 is 5.32 Å². The Hall–Kier alpha value is -0.880. The van der Waals surface area contributed by atoms with Crippen LogP contribution >= 0.6 is 22.9 Å². The van der Waals surface area contributed by atoms with Crippen molar-refractivity contribution in [2.45, 2.75) is 6.10 Å². The third-order valence-electron chi connectivity index (χ3n) is 3.17. The topological polar surface area (TPSA) is 37.4 Å². The lowest BCUT2D eigenvalue weighted by Gasteiger charge is -2.29. The summed E-state index contributed by atoms with van der Waals surface area (Å²) in [6, 6.07) is 5.77. The summed E-state index contributed by atoms with van der Waals surface area (Å²) in [6.07, 6.45) is 0.231. The molecule has 1 unspecified atom stereocenters. The molecule has 1 aromatic carbocycles. The van der Waals surface area contributed by atoms with Crippen molar-refractivity contribution in [3.63, 3.8) is 0 Å². The summed E-state index contributed by atoms with van der Waals surface area (Å²) in [7, 11) is 2.12. The molecule has 0 aliphatic carbocycles. The number of hydrogen-bond acceptors (Lipinski definition) is 5. The molecule has 4 nitrogen and oxygen atoms in total. The number of rotatable bonds is 3. The maximum atomic E-state index is 5.98. The molecular formula is C13H16ClN3OS. The first-order valence-electron chi connectivity index (χ1n) is 6.31. The summed E-state index contributed by atoms with van der Waals surface area (Å²) >= 11 is 7.60. The fourth-order valence-electron chi connectivity index (χ4n) is 2.17. The van der Waals surface area contributed by atoms with Gasteiger partial charge in [0, 0.05) is 24.7 Å². The van der Waals surface area contributed by atoms with E-state index in [1.54, 1.807) is 11.3 Å². The SMILES string of the molecule is CN1CCOC(CNc2nc3ccc(Cl)cc3s2)C1. The van der Waals surface area contributed by atoms with Crippen LogP contribution in [-0.2, 0) is 4.74 Å². The number of ether oxygens (including phenoxy) is 1. The van der Waals surface area contributed by atoms with Gasteiger partial charge in [0.1, 0.15) is 0 Å². The van der Waals surface area contributed by atoms with Crippen molar-refractivity contribution in [2.24, 2.45) is 0 Å². The first-order chi connectivity index (χ1) is 9.20. The van der Waals surface area contributed by atoms with Crippen molar-refractivity contribution in [1.29, 1.82) is 0 Å². The second-order valence-corrected chi connectivity index (χ2v) is 6.23. The average Bonchev–Trinajstić information content (AvgIpc) is 2.78. The lowest BCUT2D eigenvalue weighted by Crippen LogP contribution is -2.43. The number of fused-ring (bicyclic) bond motifs is 1. The molecule has 0 amide bonds. The van der Waals surface area contributed by atoms with Crippen LogP contribution in [0, 0.1) is 0 Å². The van der Waals surface area contributed by atoms with Crippen LogP contribution in [0.4, 0.5) is 5.13 Å². The number of thiazole rings is 1. The van der Waals surface area contributed by atoms with Gasteiger partial charge in [-0.15, -0.1) is 0 Å². The fourth-order valence-corrected chi connectivity index (χ4v) is 3.31. The van der Waals surface area contributed by atoms with Crippen molar-refractivity contribution >= 4 is 38.3 Å². The van der Waals surface area contributed by atoms with Gasteiger partial charge in [0.15, 0.2) is 5.13 Å². The molecule has 0 spiro atoms. The Balaban J connectivity index is 1.65. The molecule has 2 aromatic rings. The lowest BCUT2D eigenvalue weighted by atomic mass is 10.3. The highest BCUT2D eigenvalue weighted by Crippen LogP contribution is 2.28. The van der Waals surface area contributed by atoms with Gasteiger partial charge in [-0.3, -0.25) is 0 Å². The number of hydrogen-bond donors (Lipinski definition) is 1. The molecule has 1 aliphatic rings. The Bertz CT molecular complexity index is 574. The number of halogens is 1. The molecule has 3 rings (SSSR count). The Morgan fingerprint density at radius 3 is 3.32 bits per heavy atom. The second kappa shape index (κ2) is 5.63. The molecule has 1 N–H and O–H groups in total. The summed E-state index contributed by atoms with van der Waals surface area (Å²) in [4.78, 5) is 6.82. The quantitative estimate of drug-likeness (QED) is 0.945. The zero-order valence-electron chi connectivity index (χ0n) is 10.7. The number of nitrogens with one attached hydrogen (secondary N) is 1. The normalized spacial score (nSPS) is 20.8. The van der Waals surface area contributed by atoms with Gasteiger partial charge in [-0.05, 0) is 25.2 Å². The van der Waals surface area contributed by atoms with Crippen molar-refractivity contribution in [1.82, 2.24) is 9.88 Å². The number of anilines is 1. The van der Waals surface area contributed by atoms with Gasteiger partial charge in [0.25, 0.3) is 0 Å². The summed E-state index contributed by atoms with van der Waals surface area (Å²) in [5.74, 6) is 0. The Morgan fingerprint density at radius 2 is 2.47 bits per heavy atom. The third kappa shape index (κ3) is 3.17. The Labute approximate surface area is 121 Å². The molecule has 0 radical (unpaired) electrons. The minimum absolute atomic E-state index is 0.231. The van der Waals surface area contributed by atoms with Crippen LogP contribution in [0.1, 0.15) is 0 Å². The number of likely N-dealkylation sites (N-methyl/N-ethyl adjacent to an activating group) is 1. The Morgan fingerprint density at radius 1 is 1.58 bits per heavy atom. The minimum atomic E-state index is 0.231. The maximum absolute atomic E-state index is 5.98.